The zero-order chi connectivity index (χ0) is 24.1. The van der Waals surface area contributed by atoms with Gasteiger partial charge in [-0.15, -0.1) is 0 Å². The van der Waals surface area contributed by atoms with Crippen LogP contribution in [0.2, 0.25) is 0 Å². The van der Waals surface area contributed by atoms with E-state index in [1.54, 1.807) is 18.2 Å². The van der Waals surface area contributed by atoms with Gasteiger partial charge in [0.05, 0.1) is 12.2 Å². The predicted octanol–water partition coefficient (Wildman–Crippen LogP) is 1.12. The molecule has 1 atom stereocenters. The molecule has 0 aromatic heterocycles. The second-order valence-electron chi connectivity index (χ2n) is 8.16. The molecule has 0 bridgehead atoms. The first-order valence-corrected chi connectivity index (χ1v) is 11.6. The molecule has 1 aliphatic heterocycles. The van der Waals surface area contributed by atoms with E-state index >= 15 is 0 Å². The van der Waals surface area contributed by atoms with Crippen molar-refractivity contribution in [1.82, 2.24) is 20.4 Å². The quantitative estimate of drug-likeness (QED) is 0.316. The Kier molecular flexibility index (Phi) is 11.5. The summed E-state index contributed by atoms with van der Waals surface area (Å²) in [5.74, 6) is -0.338. The van der Waals surface area contributed by atoms with Crippen LogP contribution in [0.1, 0.15) is 52.8 Å². The lowest BCUT2D eigenvalue weighted by Gasteiger charge is -2.27. The Morgan fingerprint density at radius 1 is 1.21 bits per heavy atom. The summed E-state index contributed by atoms with van der Waals surface area (Å²) in [5.41, 5.74) is 0.393. The molecule has 1 heterocycles. The number of rotatable bonds is 14. The van der Waals surface area contributed by atoms with Crippen molar-refractivity contribution < 1.29 is 23.9 Å². The molecule has 1 aliphatic rings. The fourth-order valence-corrected chi connectivity index (χ4v) is 3.88. The summed E-state index contributed by atoms with van der Waals surface area (Å²) in [5, 5.41) is 5.87. The normalized spacial score (nSPS) is 14.8. The largest absolute Gasteiger partial charge is 0.494 e. The number of unbranched alkanes of at least 4 members (excludes halogenated alkanes) is 2. The van der Waals surface area contributed by atoms with Gasteiger partial charge in [0.2, 0.25) is 5.91 Å². The zero-order valence-electron chi connectivity index (χ0n) is 19.7. The Bertz CT molecular complexity index is 795. The van der Waals surface area contributed by atoms with Gasteiger partial charge in [-0.1, -0.05) is 0 Å². The first-order chi connectivity index (χ1) is 16.0. The first-order valence-electron chi connectivity index (χ1n) is 11.6. The number of piperazine rings is 1. The maximum atomic E-state index is 13.1. The van der Waals surface area contributed by atoms with Crippen LogP contribution >= 0.6 is 0 Å². The molecule has 1 fully saturated rings. The molecule has 1 unspecified atom stereocenters. The van der Waals surface area contributed by atoms with Crippen molar-refractivity contribution in [3.63, 3.8) is 0 Å². The highest BCUT2D eigenvalue weighted by Crippen LogP contribution is 2.20. The van der Waals surface area contributed by atoms with Crippen LogP contribution < -0.4 is 15.4 Å². The van der Waals surface area contributed by atoms with Gasteiger partial charge in [0, 0.05) is 52.3 Å². The Labute approximate surface area is 195 Å². The van der Waals surface area contributed by atoms with Crippen molar-refractivity contribution in [2.75, 3.05) is 53.4 Å². The molecule has 2 amide bonds. The number of likely N-dealkylation sites (N-methyl/N-ethyl adjacent to an activating group) is 2. The van der Waals surface area contributed by atoms with Crippen molar-refractivity contribution in [2.24, 2.45) is 0 Å². The Hall–Kier alpha value is -2.78. The molecule has 1 aromatic rings. The lowest BCUT2D eigenvalue weighted by Crippen LogP contribution is -2.47. The summed E-state index contributed by atoms with van der Waals surface area (Å²) >= 11 is 0. The number of amides is 2. The van der Waals surface area contributed by atoms with Crippen molar-refractivity contribution in [3.05, 3.63) is 29.3 Å². The third-order valence-electron chi connectivity index (χ3n) is 5.87. The molecule has 2 N–H and O–H groups in total. The smallest absolute Gasteiger partial charge is 0.255 e. The Morgan fingerprint density at radius 3 is 2.64 bits per heavy atom. The molecular weight excluding hydrogens is 424 g/mol. The van der Waals surface area contributed by atoms with Crippen molar-refractivity contribution >= 4 is 24.4 Å². The average Bonchev–Trinajstić information content (AvgIpc) is 2.85. The second-order valence-corrected chi connectivity index (χ2v) is 8.16. The number of hydrogen-bond acceptors (Lipinski definition) is 7. The van der Waals surface area contributed by atoms with E-state index in [1.165, 1.54) is 19.0 Å². The van der Waals surface area contributed by atoms with Gasteiger partial charge in [0.1, 0.15) is 18.1 Å². The van der Waals surface area contributed by atoms with Crippen LogP contribution in [-0.2, 0) is 9.59 Å². The van der Waals surface area contributed by atoms with Crippen molar-refractivity contribution in [2.45, 2.75) is 38.1 Å². The maximum Gasteiger partial charge on any atom is 0.255 e. The predicted molar refractivity (Wildman–Crippen MR) is 126 cm³/mol. The minimum absolute atomic E-state index is 0.147. The van der Waals surface area contributed by atoms with E-state index in [9.17, 15) is 19.2 Å². The molecule has 182 valence electrons. The van der Waals surface area contributed by atoms with Crippen LogP contribution in [0.25, 0.3) is 0 Å². The molecule has 0 spiro atoms. The standard InChI is InChI=1S/C24H36N4O5/c1-25-23(31)22(7-6-15-29)27(2)24(32)21-17-20(9-8-19(21)18-30)33-16-5-3-4-12-28-13-10-26-11-14-28/h8-9,15,17-18,22,26H,3-7,10-14,16H2,1-2H3,(H,25,31). The molecule has 33 heavy (non-hydrogen) atoms. The van der Waals surface area contributed by atoms with E-state index in [0.29, 0.717) is 24.9 Å². The van der Waals surface area contributed by atoms with E-state index in [-0.39, 0.29) is 29.9 Å². The van der Waals surface area contributed by atoms with E-state index in [0.717, 1.165) is 52.0 Å². The van der Waals surface area contributed by atoms with E-state index in [4.69, 9.17) is 4.74 Å². The summed E-state index contributed by atoms with van der Waals surface area (Å²) in [6.45, 7) is 5.92. The van der Waals surface area contributed by atoms with Crippen molar-refractivity contribution in [3.8, 4) is 5.75 Å². The van der Waals surface area contributed by atoms with Gasteiger partial charge in [-0.2, -0.15) is 0 Å². The molecule has 1 saturated heterocycles. The summed E-state index contributed by atoms with van der Waals surface area (Å²) in [6.07, 6.45) is 4.73. The summed E-state index contributed by atoms with van der Waals surface area (Å²) in [4.78, 5) is 51.3. The van der Waals surface area contributed by atoms with Gasteiger partial charge >= 0.3 is 0 Å². The summed E-state index contributed by atoms with van der Waals surface area (Å²) < 4.78 is 5.83. The van der Waals surface area contributed by atoms with E-state index < -0.39 is 11.9 Å². The van der Waals surface area contributed by atoms with Crippen molar-refractivity contribution in [1.29, 1.82) is 0 Å². The number of carbonyl (C=O) groups is 4. The number of benzene rings is 1. The SMILES string of the molecule is CNC(=O)C(CCC=O)N(C)C(=O)c1cc(OCCCCCN2CCNCC2)ccc1C=O. The highest BCUT2D eigenvalue weighted by molar-refractivity contribution is 6.03. The van der Waals surface area contributed by atoms with Gasteiger partial charge in [-0.25, -0.2) is 0 Å². The lowest BCUT2D eigenvalue weighted by atomic mass is 10.0. The van der Waals surface area contributed by atoms with Crippen LogP contribution in [0.3, 0.4) is 0 Å². The van der Waals surface area contributed by atoms with E-state index in [2.05, 4.69) is 15.5 Å². The topological polar surface area (TPSA) is 108 Å². The number of ether oxygens (including phenoxy) is 1. The molecule has 0 saturated carbocycles. The highest BCUT2D eigenvalue weighted by Gasteiger charge is 2.28. The molecular formula is C24H36N4O5. The average molecular weight is 461 g/mol. The van der Waals surface area contributed by atoms with Gasteiger partial charge in [0.15, 0.2) is 6.29 Å². The number of aldehydes is 2. The molecule has 9 heteroatoms. The minimum atomic E-state index is -0.813. The fourth-order valence-electron chi connectivity index (χ4n) is 3.88. The summed E-state index contributed by atoms with van der Waals surface area (Å²) in [6, 6.07) is 3.95. The van der Waals surface area contributed by atoms with Crippen LogP contribution in [0.5, 0.6) is 5.75 Å². The van der Waals surface area contributed by atoms with Gasteiger partial charge in [0.25, 0.3) is 5.91 Å². The molecule has 0 aliphatic carbocycles. The number of hydrogen-bond donors (Lipinski definition) is 2. The van der Waals surface area contributed by atoms with Crippen LogP contribution in [0.4, 0.5) is 0 Å². The van der Waals surface area contributed by atoms with Crippen LogP contribution in [0.15, 0.2) is 18.2 Å². The molecule has 1 aromatic carbocycles. The Balaban J connectivity index is 1.93. The lowest BCUT2D eigenvalue weighted by molar-refractivity contribution is -0.125. The number of nitrogens with one attached hydrogen (secondary N) is 2. The highest BCUT2D eigenvalue weighted by atomic mass is 16.5. The van der Waals surface area contributed by atoms with Gasteiger partial charge in [-0.05, 0) is 50.4 Å². The molecule has 0 radical (unpaired) electrons. The van der Waals surface area contributed by atoms with Gasteiger partial charge < -0.3 is 30.0 Å². The number of carbonyl (C=O) groups excluding carboxylic acids is 4. The maximum absolute atomic E-state index is 13.1. The fraction of sp³-hybridized carbons (Fsp3) is 0.583. The van der Waals surface area contributed by atoms with Crippen LogP contribution in [0, 0.1) is 0 Å². The second kappa shape index (κ2) is 14.4. The monoisotopic (exact) mass is 460 g/mol. The Morgan fingerprint density at radius 2 is 1.97 bits per heavy atom. The zero-order valence-corrected chi connectivity index (χ0v) is 19.7. The number of nitrogens with zero attached hydrogens (tertiary/aromatic N) is 2. The van der Waals surface area contributed by atoms with E-state index in [1.807, 2.05) is 0 Å². The minimum Gasteiger partial charge on any atom is -0.494 e. The molecule has 2 rings (SSSR count). The van der Waals surface area contributed by atoms with Crippen LogP contribution in [-0.4, -0.2) is 93.7 Å². The van der Waals surface area contributed by atoms with Gasteiger partial charge in [-0.3, -0.25) is 14.4 Å². The molecule has 9 nitrogen and oxygen atoms in total. The summed E-state index contributed by atoms with van der Waals surface area (Å²) in [7, 11) is 2.97. The third kappa shape index (κ3) is 8.25. The first kappa shape index (κ1) is 26.5. The third-order valence-corrected chi connectivity index (χ3v) is 5.87.